The SMILES string of the molecule is COc1ccc(C#Cc2ccccc2[P+](C)(c2ccccc2)c2ccccc2)cc1.O=S(=O)([O-])C(F)(F)F. The number of hydrogen-bond donors (Lipinski definition) is 0. The van der Waals surface area contributed by atoms with Gasteiger partial charge in [0.25, 0.3) is 0 Å². The van der Waals surface area contributed by atoms with Gasteiger partial charge in [-0.2, -0.15) is 13.2 Å². The molecule has 0 aromatic heterocycles. The molecule has 4 rings (SSSR count). The zero-order valence-electron chi connectivity index (χ0n) is 20.5. The van der Waals surface area contributed by atoms with E-state index in [4.69, 9.17) is 17.7 Å². The second-order valence-corrected chi connectivity index (χ2v) is 13.0. The number of methoxy groups -OCH3 is 1. The van der Waals surface area contributed by atoms with Crippen LogP contribution in [0.3, 0.4) is 0 Å². The third kappa shape index (κ3) is 7.02. The molecule has 0 amide bonds. The van der Waals surface area contributed by atoms with Gasteiger partial charge in [0.05, 0.1) is 19.3 Å². The first-order valence-corrected chi connectivity index (χ1v) is 14.9. The van der Waals surface area contributed by atoms with Crippen LogP contribution in [0.1, 0.15) is 11.1 Å². The van der Waals surface area contributed by atoms with Crippen molar-refractivity contribution in [2.45, 2.75) is 5.51 Å². The maximum Gasteiger partial charge on any atom is 0.485 e. The van der Waals surface area contributed by atoms with Gasteiger partial charge in [-0.15, -0.1) is 0 Å². The highest BCUT2D eigenvalue weighted by atomic mass is 32.2. The van der Waals surface area contributed by atoms with Crippen molar-refractivity contribution in [2.75, 3.05) is 13.8 Å². The van der Waals surface area contributed by atoms with Gasteiger partial charge in [0, 0.05) is 5.56 Å². The molecule has 0 aliphatic rings. The molecule has 4 nitrogen and oxygen atoms in total. The van der Waals surface area contributed by atoms with Crippen molar-refractivity contribution in [3.63, 3.8) is 0 Å². The Labute approximate surface area is 221 Å². The van der Waals surface area contributed by atoms with E-state index in [-0.39, 0.29) is 0 Å². The minimum Gasteiger partial charge on any atom is -0.741 e. The largest absolute Gasteiger partial charge is 0.741 e. The molecule has 0 N–H and O–H groups in total. The molecule has 0 aliphatic carbocycles. The monoisotopic (exact) mass is 556 g/mol. The highest BCUT2D eigenvalue weighted by Crippen LogP contribution is 2.52. The molecule has 0 radical (unpaired) electrons. The molecule has 0 spiro atoms. The molecule has 9 heteroatoms. The van der Waals surface area contributed by atoms with E-state index in [0.29, 0.717) is 0 Å². The van der Waals surface area contributed by atoms with Crippen LogP contribution in [0.4, 0.5) is 13.2 Å². The molecule has 0 unspecified atom stereocenters. The number of benzene rings is 4. The predicted molar refractivity (Wildman–Crippen MR) is 146 cm³/mol. The Morgan fingerprint density at radius 3 is 1.63 bits per heavy atom. The Kier molecular flexibility index (Phi) is 9.35. The lowest BCUT2D eigenvalue weighted by Crippen LogP contribution is -2.31. The summed E-state index contributed by atoms with van der Waals surface area (Å²) in [7, 11) is -6.24. The first kappa shape index (κ1) is 28.9. The first-order valence-electron chi connectivity index (χ1n) is 11.2. The van der Waals surface area contributed by atoms with E-state index < -0.39 is 22.9 Å². The lowest BCUT2D eigenvalue weighted by molar-refractivity contribution is -0.0517. The third-order valence-corrected chi connectivity index (χ3v) is 10.2. The molecule has 4 aromatic carbocycles. The van der Waals surface area contributed by atoms with Crippen molar-refractivity contribution in [1.82, 2.24) is 0 Å². The summed E-state index contributed by atoms with van der Waals surface area (Å²) >= 11 is 0. The number of ether oxygens (including phenoxy) is 1. The molecule has 196 valence electrons. The second-order valence-electron chi connectivity index (χ2n) is 8.07. The van der Waals surface area contributed by atoms with Crippen molar-refractivity contribution < 1.29 is 30.9 Å². The van der Waals surface area contributed by atoms with Crippen LogP contribution in [-0.4, -0.2) is 32.3 Å². The van der Waals surface area contributed by atoms with E-state index in [1.807, 2.05) is 24.3 Å². The van der Waals surface area contributed by atoms with E-state index in [0.717, 1.165) is 16.9 Å². The van der Waals surface area contributed by atoms with Crippen LogP contribution in [0.25, 0.3) is 0 Å². The third-order valence-electron chi connectivity index (χ3n) is 5.65. The number of halogens is 3. The topological polar surface area (TPSA) is 66.4 Å². The maximum atomic E-state index is 10.7. The van der Waals surface area contributed by atoms with Gasteiger partial charge in [0.15, 0.2) is 10.1 Å². The summed E-state index contributed by atoms with van der Waals surface area (Å²) in [6.45, 7) is 2.39. The van der Waals surface area contributed by atoms with Crippen molar-refractivity contribution in [3.05, 3.63) is 120 Å². The summed E-state index contributed by atoms with van der Waals surface area (Å²) in [5, 5.41) is 4.02. The summed E-state index contributed by atoms with van der Waals surface area (Å²) in [4.78, 5) is 0. The van der Waals surface area contributed by atoms with Crippen molar-refractivity contribution in [1.29, 1.82) is 0 Å². The van der Waals surface area contributed by atoms with E-state index in [9.17, 15) is 13.2 Å². The fourth-order valence-corrected chi connectivity index (χ4v) is 7.05. The molecule has 0 saturated carbocycles. The van der Waals surface area contributed by atoms with Crippen LogP contribution in [0, 0.1) is 11.8 Å². The summed E-state index contributed by atoms with van der Waals surface area (Å²) < 4.78 is 64.2. The zero-order valence-corrected chi connectivity index (χ0v) is 22.2. The smallest absolute Gasteiger partial charge is 0.485 e. The predicted octanol–water partition coefficient (Wildman–Crippen LogP) is 5.07. The van der Waals surface area contributed by atoms with E-state index in [1.54, 1.807) is 7.11 Å². The van der Waals surface area contributed by atoms with Crippen LogP contribution >= 0.6 is 7.26 Å². The fourth-order valence-electron chi connectivity index (χ4n) is 3.66. The average Bonchev–Trinajstić information content (AvgIpc) is 2.92. The maximum absolute atomic E-state index is 10.7. The lowest BCUT2D eigenvalue weighted by Gasteiger charge is -2.24. The summed E-state index contributed by atoms with van der Waals surface area (Å²) in [5.41, 5.74) is -3.59. The van der Waals surface area contributed by atoms with Crippen molar-refractivity contribution in [3.8, 4) is 17.6 Å². The number of rotatable bonds is 4. The van der Waals surface area contributed by atoms with E-state index in [1.165, 1.54) is 15.9 Å². The molecule has 0 atom stereocenters. The minimum absolute atomic E-state index is 0.840. The number of hydrogen-bond acceptors (Lipinski definition) is 4. The lowest BCUT2D eigenvalue weighted by atomic mass is 10.2. The van der Waals surface area contributed by atoms with Crippen LogP contribution in [-0.2, 0) is 10.1 Å². The molecule has 0 aliphatic heterocycles. The Morgan fingerprint density at radius 2 is 1.18 bits per heavy atom. The Hall–Kier alpha value is -3.63. The average molecular weight is 557 g/mol. The Bertz CT molecular complexity index is 1470. The molecule has 4 aromatic rings. The van der Waals surface area contributed by atoms with E-state index >= 15 is 0 Å². The summed E-state index contributed by atoms with van der Waals surface area (Å²) in [6.07, 6.45) is 0. The van der Waals surface area contributed by atoms with Gasteiger partial charge in [-0.1, -0.05) is 60.4 Å². The van der Waals surface area contributed by atoms with Gasteiger partial charge in [-0.3, -0.25) is 0 Å². The van der Waals surface area contributed by atoms with Crippen LogP contribution < -0.4 is 20.7 Å². The molecule has 0 heterocycles. The zero-order chi connectivity index (χ0) is 27.8. The molecule has 38 heavy (non-hydrogen) atoms. The van der Waals surface area contributed by atoms with Crippen LogP contribution in [0.5, 0.6) is 5.75 Å². The van der Waals surface area contributed by atoms with Gasteiger partial charge >= 0.3 is 5.51 Å². The normalized spacial score (nSPS) is 11.4. The molecule has 0 bridgehead atoms. The standard InChI is InChI=1S/C28H24OP.CHF3O3S/c1-29-25-21-18-23(19-22-25)17-20-24-11-9-10-16-28(24)30(2,26-12-5-3-6-13-26)27-14-7-4-8-15-27;2-1(3,4)8(5,6)7/h3-16,18-19,21-22H,1-2H3;(H,5,6,7)/q+1;/p-1. The highest BCUT2D eigenvalue weighted by molar-refractivity contribution is 7.95. The Morgan fingerprint density at radius 1 is 0.737 bits per heavy atom. The van der Waals surface area contributed by atoms with Gasteiger partial charge < -0.3 is 9.29 Å². The minimum atomic E-state index is -6.09. The molecular weight excluding hydrogens is 532 g/mol. The van der Waals surface area contributed by atoms with Crippen LogP contribution in [0.2, 0.25) is 0 Å². The Balaban J connectivity index is 0.000000436. The quantitative estimate of drug-likeness (QED) is 0.152. The highest BCUT2D eigenvalue weighted by Gasteiger charge is 2.41. The summed E-state index contributed by atoms with van der Waals surface area (Å²) in [6, 6.07) is 38.1. The van der Waals surface area contributed by atoms with Crippen LogP contribution in [0.15, 0.2) is 109 Å². The van der Waals surface area contributed by atoms with E-state index in [2.05, 4.69) is 103 Å². The number of alkyl halides is 3. The fraction of sp³-hybridized carbons (Fsp3) is 0.103. The second kappa shape index (κ2) is 12.3. The molecule has 0 fully saturated rings. The first-order chi connectivity index (χ1) is 18.0. The van der Waals surface area contributed by atoms with Gasteiger partial charge in [0.1, 0.15) is 28.9 Å². The summed E-state index contributed by atoms with van der Waals surface area (Å²) in [5.74, 6) is 7.63. The molecular formula is C29H24F3O4PS. The van der Waals surface area contributed by atoms with Crippen molar-refractivity contribution >= 4 is 33.3 Å². The molecule has 0 saturated heterocycles. The van der Waals surface area contributed by atoms with Gasteiger partial charge in [-0.05, 0) is 60.7 Å². The van der Waals surface area contributed by atoms with Crippen molar-refractivity contribution in [2.24, 2.45) is 0 Å². The van der Waals surface area contributed by atoms with Gasteiger partial charge in [-0.25, -0.2) is 8.42 Å². The van der Waals surface area contributed by atoms with Gasteiger partial charge in [0.2, 0.25) is 0 Å².